The van der Waals surface area contributed by atoms with Crippen LogP contribution < -0.4 is 16.1 Å². The van der Waals surface area contributed by atoms with Gasteiger partial charge in [-0.3, -0.25) is 9.59 Å². The number of benzene rings is 2. The van der Waals surface area contributed by atoms with E-state index in [0.717, 1.165) is 42.3 Å². The molecule has 2 heterocycles. The quantitative estimate of drug-likeness (QED) is 0.192. The molecule has 13 heteroatoms. The zero-order chi connectivity index (χ0) is 36.3. The first-order chi connectivity index (χ1) is 23.5. The summed E-state index contributed by atoms with van der Waals surface area (Å²) in [5.41, 5.74) is 1.60. The summed E-state index contributed by atoms with van der Waals surface area (Å²) in [5.74, 6) is -0.153. The standard InChI is InChI=1S/C37H49BClN5O6/c1-35(2,3)48-34(47)40-22-23-11-13-25(14-12-23)30(45)21-27(32(46)41-29-17-15-26(16-18-29)31-42-33(39)44-43-31)19-24-9-8-10-28(20-24)38-49-36(4,5)37(6,7)50-38/h8-10,15-18,20,23,25,27H,11-14,19,21-22H2,1-7H3,(H,40,47)(H,41,46)(H,42,43,44)/t23?,25?,27-/m1/s1. The van der Waals surface area contributed by atoms with Crippen molar-refractivity contribution in [3.8, 4) is 11.4 Å². The number of rotatable bonds is 11. The Hall–Kier alpha value is -3.74. The summed E-state index contributed by atoms with van der Waals surface area (Å²) >= 11 is 5.89. The van der Waals surface area contributed by atoms with E-state index in [9.17, 15) is 14.4 Å². The number of H-pyrrole nitrogens is 1. The monoisotopic (exact) mass is 705 g/mol. The molecule has 0 spiro atoms. The maximum atomic E-state index is 13.9. The molecular weight excluding hydrogens is 657 g/mol. The highest BCUT2D eigenvalue weighted by molar-refractivity contribution is 6.62. The van der Waals surface area contributed by atoms with Gasteiger partial charge in [-0.25, -0.2) is 9.89 Å². The number of Topliss-reactive ketones (excluding diaryl/α,β-unsaturated/α-hetero) is 1. The third-order valence-corrected chi connectivity index (χ3v) is 10.1. The van der Waals surface area contributed by atoms with E-state index >= 15 is 0 Å². The second kappa shape index (κ2) is 15.2. The number of alkyl carbamates (subject to hydrolysis) is 1. The number of aromatic nitrogens is 3. The molecule has 2 amide bonds. The Morgan fingerprint density at radius 3 is 2.28 bits per heavy atom. The SMILES string of the molecule is CC(C)(C)OC(=O)NCC1CCC(C(=O)C[C@@H](Cc2cccc(B3OC(C)(C)C(C)(C)O3)c2)C(=O)Nc2ccc(-c3n[nH]c(Cl)n3)cc2)CC1. The molecule has 2 fully saturated rings. The summed E-state index contributed by atoms with van der Waals surface area (Å²) in [6.07, 6.45) is 3.14. The third kappa shape index (κ3) is 9.73. The molecule has 1 aliphatic heterocycles. The molecule has 2 aliphatic rings. The summed E-state index contributed by atoms with van der Waals surface area (Å²) in [6.45, 7) is 14.1. The average molecular weight is 706 g/mol. The fourth-order valence-electron chi connectivity index (χ4n) is 6.35. The number of amides is 2. The van der Waals surface area contributed by atoms with Gasteiger partial charge in [0.05, 0.1) is 11.2 Å². The molecule has 0 bridgehead atoms. The number of ketones is 1. The van der Waals surface area contributed by atoms with Crippen LogP contribution >= 0.6 is 11.6 Å². The van der Waals surface area contributed by atoms with Crippen LogP contribution in [0.4, 0.5) is 10.5 Å². The molecule has 3 aromatic rings. The van der Waals surface area contributed by atoms with Gasteiger partial charge in [0.15, 0.2) is 5.82 Å². The van der Waals surface area contributed by atoms with Crippen molar-refractivity contribution in [2.45, 2.75) is 104 Å². The van der Waals surface area contributed by atoms with E-state index in [4.69, 9.17) is 25.6 Å². The highest BCUT2D eigenvalue weighted by atomic mass is 35.5. The van der Waals surface area contributed by atoms with Crippen molar-refractivity contribution in [1.82, 2.24) is 20.5 Å². The summed E-state index contributed by atoms with van der Waals surface area (Å²) < 4.78 is 17.9. The minimum atomic E-state index is -0.603. The van der Waals surface area contributed by atoms with Crippen molar-refractivity contribution in [3.63, 3.8) is 0 Å². The lowest BCUT2D eigenvalue weighted by Crippen LogP contribution is -2.41. The summed E-state index contributed by atoms with van der Waals surface area (Å²) in [7, 11) is -0.536. The lowest BCUT2D eigenvalue weighted by atomic mass is 9.76. The fourth-order valence-corrected chi connectivity index (χ4v) is 6.47. The van der Waals surface area contributed by atoms with Gasteiger partial charge < -0.3 is 24.7 Å². The predicted octanol–water partition coefficient (Wildman–Crippen LogP) is 6.51. The summed E-state index contributed by atoms with van der Waals surface area (Å²) in [6, 6.07) is 15.0. The average Bonchev–Trinajstić information content (AvgIpc) is 3.57. The fraction of sp³-hybridized carbons (Fsp3) is 0.541. The number of hydrogen-bond acceptors (Lipinski definition) is 8. The highest BCUT2D eigenvalue weighted by Crippen LogP contribution is 2.37. The first-order valence-corrected chi connectivity index (χ1v) is 17.8. The van der Waals surface area contributed by atoms with Crippen LogP contribution in [-0.2, 0) is 30.1 Å². The number of hydrogen-bond donors (Lipinski definition) is 3. The highest BCUT2D eigenvalue weighted by Gasteiger charge is 2.51. The molecule has 0 radical (unpaired) electrons. The van der Waals surface area contributed by atoms with Crippen LogP contribution in [0.25, 0.3) is 11.4 Å². The van der Waals surface area contributed by atoms with Gasteiger partial charge in [-0.1, -0.05) is 24.3 Å². The Kier molecular flexibility index (Phi) is 11.4. The number of nitrogens with zero attached hydrogens (tertiary/aromatic N) is 2. The zero-order valence-corrected chi connectivity index (χ0v) is 30.9. The molecule has 1 aliphatic carbocycles. The molecule has 11 nitrogen and oxygen atoms in total. The van der Waals surface area contributed by atoms with E-state index in [1.165, 1.54) is 0 Å². The van der Waals surface area contributed by atoms with Crippen molar-refractivity contribution in [3.05, 3.63) is 59.4 Å². The third-order valence-electron chi connectivity index (χ3n) is 9.88. The Morgan fingerprint density at radius 1 is 1.02 bits per heavy atom. The molecule has 268 valence electrons. The number of ether oxygens (including phenoxy) is 1. The smallest absolute Gasteiger partial charge is 0.444 e. The molecule has 3 N–H and O–H groups in total. The van der Waals surface area contributed by atoms with E-state index in [1.54, 1.807) is 24.3 Å². The molecule has 1 saturated heterocycles. The van der Waals surface area contributed by atoms with Gasteiger partial charge in [0.2, 0.25) is 11.2 Å². The van der Waals surface area contributed by atoms with E-state index in [2.05, 4.69) is 25.8 Å². The lowest BCUT2D eigenvalue weighted by Gasteiger charge is -2.32. The molecule has 5 rings (SSSR count). The Bertz CT molecular complexity index is 1650. The Balaban J connectivity index is 1.26. The molecule has 1 saturated carbocycles. The van der Waals surface area contributed by atoms with Crippen LogP contribution in [0, 0.1) is 17.8 Å². The number of halogens is 1. The zero-order valence-electron chi connectivity index (χ0n) is 30.1. The number of anilines is 1. The summed E-state index contributed by atoms with van der Waals surface area (Å²) in [4.78, 5) is 43.9. The van der Waals surface area contributed by atoms with Gasteiger partial charge in [-0.2, -0.15) is 10.1 Å². The van der Waals surface area contributed by atoms with Gasteiger partial charge in [0.1, 0.15) is 11.4 Å². The van der Waals surface area contributed by atoms with Crippen LogP contribution in [0.3, 0.4) is 0 Å². The van der Waals surface area contributed by atoms with Crippen LogP contribution in [0.5, 0.6) is 0 Å². The number of carbonyl (C=O) groups is 3. The minimum absolute atomic E-state index is 0.0858. The minimum Gasteiger partial charge on any atom is -0.444 e. The molecule has 0 unspecified atom stereocenters. The largest absolute Gasteiger partial charge is 0.494 e. The predicted molar refractivity (Wildman–Crippen MR) is 194 cm³/mol. The molecule has 2 aromatic carbocycles. The second-order valence-corrected chi connectivity index (χ2v) is 15.9. The number of aromatic amines is 1. The van der Waals surface area contributed by atoms with Crippen LogP contribution in [-0.4, -0.2) is 63.4 Å². The normalized spacial score (nSPS) is 20.6. The molecular formula is C37H49BClN5O6. The number of nitrogens with one attached hydrogen (secondary N) is 3. The topological polar surface area (TPSA) is 145 Å². The van der Waals surface area contributed by atoms with Crippen molar-refractivity contribution >= 4 is 47.7 Å². The van der Waals surface area contributed by atoms with Crippen molar-refractivity contribution < 1.29 is 28.4 Å². The maximum Gasteiger partial charge on any atom is 0.494 e. The van der Waals surface area contributed by atoms with E-state index < -0.39 is 35.9 Å². The van der Waals surface area contributed by atoms with Crippen molar-refractivity contribution in [2.75, 3.05) is 11.9 Å². The second-order valence-electron chi connectivity index (χ2n) is 15.5. The number of carbonyl (C=O) groups excluding carboxylic acids is 3. The van der Waals surface area contributed by atoms with Gasteiger partial charge in [-0.15, -0.1) is 0 Å². The Morgan fingerprint density at radius 2 is 1.68 bits per heavy atom. The van der Waals surface area contributed by atoms with E-state index in [0.29, 0.717) is 24.5 Å². The maximum absolute atomic E-state index is 13.9. The van der Waals surface area contributed by atoms with Gasteiger partial charge in [-0.05, 0) is 133 Å². The van der Waals surface area contributed by atoms with Gasteiger partial charge in [0.25, 0.3) is 0 Å². The molecule has 50 heavy (non-hydrogen) atoms. The van der Waals surface area contributed by atoms with Gasteiger partial charge in [0, 0.05) is 36.1 Å². The first kappa shape index (κ1) is 37.5. The summed E-state index contributed by atoms with van der Waals surface area (Å²) in [5, 5.41) is 12.8. The van der Waals surface area contributed by atoms with Gasteiger partial charge >= 0.3 is 13.2 Å². The van der Waals surface area contributed by atoms with Crippen LogP contribution in [0.15, 0.2) is 48.5 Å². The Labute approximate surface area is 300 Å². The van der Waals surface area contributed by atoms with E-state index in [1.807, 2.05) is 72.7 Å². The lowest BCUT2D eigenvalue weighted by molar-refractivity contribution is -0.129. The molecule has 1 atom stereocenters. The molecule has 1 aromatic heterocycles. The first-order valence-electron chi connectivity index (χ1n) is 17.4. The van der Waals surface area contributed by atoms with Crippen LogP contribution in [0.1, 0.15) is 86.1 Å². The van der Waals surface area contributed by atoms with E-state index in [-0.39, 0.29) is 35.2 Å². The van der Waals surface area contributed by atoms with Crippen LogP contribution in [0.2, 0.25) is 5.28 Å². The van der Waals surface area contributed by atoms with Crippen molar-refractivity contribution in [1.29, 1.82) is 0 Å². The van der Waals surface area contributed by atoms with Crippen molar-refractivity contribution in [2.24, 2.45) is 17.8 Å².